The molecule has 1 aromatic heterocycles. The Kier molecular flexibility index (Phi) is 5.12. The molecule has 28 heavy (non-hydrogen) atoms. The quantitative estimate of drug-likeness (QED) is 0.443. The average molecular weight is 437 g/mol. The number of benzene rings is 3. The third-order valence-electron chi connectivity index (χ3n) is 4.23. The number of ether oxygens (including phenoxy) is 1. The summed E-state index contributed by atoms with van der Waals surface area (Å²) >= 11 is 3.36. The van der Waals surface area contributed by atoms with E-state index < -0.39 is 0 Å². The number of halogens is 1. The van der Waals surface area contributed by atoms with Gasteiger partial charge in [0.1, 0.15) is 11.3 Å². The van der Waals surface area contributed by atoms with Crippen molar-refractivity contribution < 1.29 is 13.9 Å². The van der Waals surface area contributed by atoms with Gasteiger partial charge in [-0.2, -0.15) is 0 Å². The highest BCUT2D eigenvalue weighted by atomic mass is 79.9. The summed E-state index contributed by atoms with van der Waals surface area (Å²) in [6.07, 6.45) is 0. The Labute approximate surface area is 170 Å². The summed E-state index contributed by atoms with van der Waals surface area (Å²) in [6, 6.07) is 20.6. The van der Waals surface area contributed by atoms with Crippen LogP contribution in [0.5, 0.6) is 5.75 Å². The lowest BCUT2D eigenvalue weighted by molar-refractivity contribution is -0.118. The maximum atomic E-state index is 12.2. The molecule has 0 atom stereocenters. The highest BCUT2D eigenvalue weighted by molar-refractivity contribution is 9.10. The zero-order valence-corrected chi connectivity index (χ0v) is 16.7. The lowest BCUT2D eigenvalue weighted by atomic mass is 10.1. The lowest BCUT2D eigenvalue weighted by Crippen LogP contribution is -2.20. The van der Waals surface area contributed by atoms with E-state index in [1.54, 1.807) is 30.3 Å². The van der Waals surface area contributed by atoms with Crippen LogP contribution in [0.2, 0.25) is 0 Å². The molecule has 0 saturated carbocycles. The Bertz CT molecular complexity index is 1140. The van der Waals surface area contributed by atoms with Crippen molar-refractivity contribution in [1.29, 1.82) is 0 Å². The minimum atomic E-state index is -0.245. The Morgan fingerprint density at radius 2 is 1.89 bits per heavy atom. The summed E-state index contributed by atoms with van der Waals surface area (Å²) in [6.45, 7) is 1.94. The number of nitrogens with one attached hydrogen (secondary N) is 1. The molecule has 1 heterocycles. The number of nitrogens with zero attached hydrogens (tertiary/aromatic N) is 1. The third kappa shape index (κ3) is 4.07. The van der Waals surface area contributed by atoms with Crippen LogP contribution in [0.3, 0.4) is 0 Å². The minimum Gasteiger partial charge on any atom is -0.484 e. The molecule has 4 rings (SSSR count). The molecule has 0 saturated heterocycles. The van der Waals surface area contributed by atoms with E-state index in [9.17, 15) is 4.79 Å². The van der Waals surface area contributed by atoms with Gasteiger partial charge >= 0.3 is 0 Å². The van der Waals surface area contributed by atoms with Gasteiger partial charge in [0.15, 0.2) is 12.2 Å². The van der Waals surface area contributed by atoms with Crippen molar-refractivity contribution in [2.24, 2.45) is 0 Å². The molecule has 4 aromatic rings. The minimum absolute atomic E-state index is 0.0764. The zero-order valence-electron chi connectivity index (χ0n) is 15.1. The van der Waals surface area contributed by atoms with E-state index >= 15 is 0 Å². The fourth-order valence-electron chi connectivity index (χ4n) is 2.81. The molecule has 140 valence electrons. The molecule has 0 fully saturated rings. The highest BCUT2D eigenvalue weighted by Gasteiger charge is 2.11. The molecule has 1 amide bonds. The van der Waals surface area contributed by atoms with Gasteiger partial charge in [0.05, 0.1) is 0 Å². The number of anilines is 1. The van der Waals surface area contributed by atoms with Crippen LogP contribution in [-0.4, -0.2) is 17.5 Å². The molecule has 0 spiro atoms. The van der Waals surface area contributed by atoms with Crippen molar-refractivity contribution in [1.82, 2.24) is 4.98 Å². The van der Waals surface area contributed by atoms with Crippen LogP contribution in [0.4, 0.5) is 5.69 Å². The van der Waals surface area contributed by atoms with Gasteiger partial charge < -0.3 is 14.5 Å². The first-order valence-electron chi connectivity index (χ1n) is 8.73. The van der Waals surface area contributed by atoms with Crippen molar-refractivity contribution in [3.8, 4) is 17.2 Å². The normalized spacial score (nSPS) is 10.8. The van der Waals surface area contributed by atoms with E-state index in [0.29, 0.717) is 28.4 Å². The SMILES string of the molecule is Cc1ccccc1-c1nc2cc(NC(=O)COc3ccc(Br)cc3)ccc2o1. The third-order valence-corrected chi connectivity index (χ3v) is 4.76. The second-order valence-corrected chi connectivity index (χ2v) is 7.22. The van der Waals surface area contributed by atoms with Crippen molar-refractivity contribution in [2.75, 3.05) is 11.9 Å². The topological polar surface area (TPSA) is 64.4 Å². The first kappa shape index (κ1) is 18.3. The summed E-state index contributed by atoms with van der Waals surface area (Å²) < 4.78 is 12.3. The van der Waals surface area contributed by atoms with E-state index in [4.69, 9.17) is 9.15 Å². The molecule has 0 radical (unpaired) electrons. The second kappa shape index (κ2) is 7.86. The van der Waals surface area contributed by atoms with Gasteiger partial charge in [0, 0.05) is 15.7 Å². The largest absolute Gasteiger partial charge is 0.484 e. The van der Waals surface area contributed by atoms with Crippen molar-refractivity contribution in [2.45, 2.75) is 6.92 Å². The number of aryl methyl sites for hydroxylation is 1. The molecule has 0 aliphatic heterocycles. The molecule has 0 unspecified atom stereocenters. The monoisotopic (exact) mass is 436 g/mol. The van der Waals surface area contributed by atoms with Crippen LogP contribution < -0.4 is 10.1 Å². The second-order valence-electron chi connectivity index (χ2n) is 6.31. The molecular formula is C22H17BrN2O3. The summed E-state index contributed by atoms with van der Waals surface area (Å²) in [5.74, 6) is 0.952. The van der Waals surface area contributed by atoms with Crippen LogP contribution >= 0.6 is 15.9 Å². The smallest absolute Gasteiger partial charge is 0.262 e. The van der Waals surface area contributed by atoms with Gasteiger partial charge in [-0.15, -0.1) is 0 Å². The maximum absolute atomic E-state index is 12.2. The highest BCUT2D eigenvalue weighted by Crippen LogP contribution is 2.28. The number of aromatic nitrogens is 1. The summed E-state index contributed by atoms with van der Waals surface area (Å²) in [5.41, 5.74) is 4.04. The molecule has 3 aromatic carbocycles. The number of hydrogen-bond donors (Lipinski definition) is 1. The fourth-order valence-corrected chi connectivity index (χ4v) is 3.07. The fraction of sp³-hybridized carbons (Fsp3) is 0.0909. The van der Waals surface area contributed by atoms with E-state index in [0.717, 1.165) is 15.6 Å². The standard InChI is InChI=1S/C22H17BrN2O3/c1-14-4-2-3-5-18(14)22-25-19-12-16(8-11-20(19)28-22)24-21(26)13-27-17-9-6-15(23)7-10-17/h2-12H,13H2,1H3,(H,24,26). The zero-order chi connectivity index (χ0) is 19.5. The molecule has 1 N–H and O–H groups in total. The van der Waals surface area contributed by atoms with Crippen molar-refractivity contribution in [3.63, 3.8) is 0 Å². The Balaban J connectivity index is 1.46. The van der Waals surface area contributed by atoms with Crippen LogP contribution in [0, 0.1) is 6.92 Å². The van der Waals surface area contributed by atoms with Gasteiger partial charge in [-0.05, 0) is 61.0 Å². The maximum Gasteiger partial charge on any atom is 0.262 e. The Morgan fingerprint density at radius 1 is 1.11 bits per heavy atom. The van der Waals surface area contributed by atoms with Crippen LogP contribution in [-0.2, 0) is 4.79 Å². The number of carbonyl (C=O) groups is 1. The van der Waals surface area contributed by atoms with Crippen molar-refractivity contribution in [3.05, 3.63) is 76.8 Å². The van der Waals surface area contributed by atoms with Crippen molar-refractivity contribution >= 4 is 38.6 Å². The van der Waals surface area contributed by atoms with Crippen LogP contribution in [0.25, 0.3) is 22.6 Å². The number of oxazole rings is 1. The molecule has 0 aliphatic rings. The van der Waals surface area contributed by atoms with E-state index in [1.807, 2.05) is 43.3 Å². The molecule has 6 heteroatoms. The molecule has 5 nitrogen and oxygen atoms in total. The lowest BCUT2D eigenvalue weighted by Gasteiger charge is -2.07. The molecule has 0 bridgehead atoms. The van der Waals surface area contributed by atoms with Gasteiger partial charge in [-0.25, -0.2) is 4.98 Å². The summed E-state index contributed by atoms with van der Waals surface area (Å²) in [4.78, 5) is 16.7. The predicted octanol–water partition coefficient (Wildman–Crippen LogP) is 5.58. The van der Waals surface area contributed by atoms with Crippen LogP contribution in [0.1, 0.15) is 5.56 Å². The first-order chi connectivity index (χ1) is 13.6. The predicted molar refractivity (Wildman–Crippen MR) is 112 cm³/mol. The van der Waals surface area contributed by atoms with Gasteiger partial charge in [0.2, 0.25) is 5.89 Å². The molecule has 0 aliphatic carbocycles. The average Bonchev–Trinajstić information content (AvgIpc) is 3.11. The summed E-state index contributed by atoms with van der Waals surface area (Å²) in [7, 11) is 0. The first-order valence-corrected chi connectivity index (χ1v) is 9.52. The number of amides is 1. The van der Waals surface area contributed by atoms with E-state index in [1.165, 1.54) is 0 Å². The number of carbonyl (C=O) groups excluding carboxylic acids is 1. The Hall–Kier alpha value is -3.12. The van der Waals surface area contributed by atoms with Gasteiger partial charge in [0.25, 0.3) is 5.91 Å². The van der Waals surface area contributed by atoms with Gasteiger partial charge in [-0.1, -0.05) is 34.1 Å². The van der Waals surface area contributed by atoms with Gasteiger partial charge in [-0.3, -0.25) is 4.79 Å². The van der Waals surface area contributed by atoms with E-state index in [-0.39, 0.29) is 12.5 Å². The summed E-state index contributed by atoms with van der Waals surface area (Å²) in [5, 5.41) is 2.82. The number of hydrogen-bond acceptors (Lipinski definition) is 4. The van der Waals surface area contributed by atoms with Crippen LogP contribution in [0.15, 0.2) is 75.6 Å². The number of rotatable bonds is 5. The number of fused-ring (bicyclic) bond motifs is 1. The molecular weight excluding hydrogens is 420 g/mol. The van der Waals surface area contributed by atoms with E-state index in [2.05, 4.69) is 26.2 Å². The Morgan fingerprint density at radius 3 is 2.68 bits per heavy atom.